The predicted octanol–water partition coefficient (Wildman–Crippen LogP) is 1.61. The number of carbonyl (C=O) groups excluding carboxylic acids is 1. The van der Waals surface area contributed by atoms with Crippen LogP contribution in [0.5, 0.6) is 11.5 Å². The normalized spacial score (nSPS) is 13.4. The molecule has 0 spiro atoms. The van der Waals surface area contributed by atoms with E-state index in [1.165, 1.54) is 0 Å². The third-order valence-corrected chi connectivity index (χ3v) is 6.78. The molecule has 1 aliphatic heterocycles. The summed E-state index contributed by atoms with van der Waals surface area (Å²) in [6, 6.07) is 13.5. The monoisotopic (exact) mass is 577 g/mol. The van der Waals surface area contributed by atoms with Crippen molar-refractivity contribution in [3.63, 3.8) is 0 Å². The van der Waals surface area contributed by atoms with E-state index in [-0.39, 0.29) is 12.5 Å². The fraction of sp³-hybridized carbons (Fsp3) is 0.393. The van der Waals surface area contributed by atoms with Gasteiger partial charge in [0.05, 0.1) is 45.9 Å². The third kappa shape index (κ3) is 6.84. The van der Waals surface area contributed by atoms with Crippen molar-refractivity contribution < 1.29 is 23.7 Å². The molecule has 3 heterocycles. The van der Waals surface area contributed by atoms with Crippen LogP contribution in [0, 0.1) is 0 Å². The maximum absolute atomic E-state index is 12.5. The molecule has 222 valence electrons. The van der Waals surface area contributed by atoms with Gasteiger partial charge in [-0.2, -0.15) is 9.67 Å². The fourth-order valence-electron chi connectivity index (χ4n) is 4.57. The second-order valence-electron chi connectivity index (χ2n) is 9.44. The van der Waals surface area contributed by atoms with Crippen molar-refractivity contribution in [2.45, 2.75) is 0 Å². The highest BCUT2D eigenvalue weighted by molar-refractivity contribution is 5.78. The average Bonchev–Trinajstić information content (AvgIpc) is 3.46. The molecule has 1 amide bonds. The van der Waals surface area contributed by atoms with E-state index in [9.17, 15) is 4.79 Å². The Bertz CT molecular complexity index is 1470. The molecule has 3 N–H and O–H groups in total. The molecule has 4 aromatic rings. The number of amides is 1. The average molecular weight is 578 g/mol. The molecule has 1 saturated heterocycles. The SMILES string of the molecule is COc1ccc(-n2nnc3cnc(Nc4ccc(N5CCN(C(=O)COCCOCCN)CC5)cc4)nc32)cc1OC. The van der Waals surface area contributed by atoms with Crippen LogP contribution in [-0.4, -0.2) is 109 Å². The van der Waals surface area contributed by atoms with Crippen molar-refractivity contribution in [2.24, 2.45) is 5.73 Å². The van der Waals surface area contributed by atoms with Gasteiger partial charge in [0.1, 0.15) is 6.61 Å². The van der Waals surface area contributed by atoms with Crippen molar-refractivity contribution in [1.29, 1.82) is 0 Å². The highest BCUT2D eigenvalue weighted by Gasteiger charge is 2.21. The van der Waals surface area contributed by atoms with Crippen molar-refractivity contribution in [3.8, 4) is 17.2 Å². The number of hydrogen-bond acceptors (Lipinski definition) is 12. The van der Waals surface area contributed by atoms with Crippen LogP contribution in [0.15, 0.2) is 48.7 Å². The lowest BCUT2D eigenvalue weighted by atomic mass is 10.2. The van der Waals surface area contributed by atoms with Crippen LogP contribution >= 0.6 is 0 Å². The molecule has 0 radical (unpaired) electrons. The van der Waals surface area contributed by atoms with E-state index in [1.807, 2.05) is 41.3 Å². The number of carbonyl (C=O) groups is 1. The Labute approximate surface area is 243 Å². The van der Waals surface area contributed by atoms with Crippen LogP contribution in [0.1, 0.15) is 0 Å². The first kappa shape index (κ1) is 29.0. The summed E-state index contributed by atoms with van der Waals surface area (Å²) in [4.78, 5) is 25.6. The third-order valence-electron chi connectivity index (χ3n) is 6.78. The van der Waals surface area contributed by atoms with E-state index in [0.717, 1.165) is 30.2 Å². The molecule has 42 heavy (non-hydrogen) atoms. The lowest BCUT2D eigenvalue weighted by Gasteiger charge is -2.36. The minimum absolute atomic E-state index is 0.00679. The van der Waals surface area contributed by atoms with Crippen molar-refractivity contribution in [3.05, 3.63) is 48.7 Å². The number of aromatic nitrogens is 5. The topological polar surface area (TPSA) is 155 Å². The summed E-state index contributed by atoms with van der Waals surface area (Å²) in [5, 5.41) is 11.7. The zero-order valence-electron chi connectivity index (χ0n) is 23.7. The maximum Gasteiger partial charge on any atom is 0.248 e. The molecule has 14 nitrogen and oxygen atoms in total. The molecule has 0 bridgehead atoms. The lowest BCUT2D eigenvalue weighted by Crippen LogP contribution is -2.49. The molecule has 0 aliphatic carbocycles. The molecule has 5 rings (SSSR count). The second-order valence-corrected chi connectivity index (χ2v) is 9.44. The Balaban J connectivity index is 1.17. The van der Waals surface area contributed by atoms with Crippen LogP contribution in [-0.2, 0) is 14.3 Å². The smallest absolute Gasteiger partial charge is 0.248 e. The van der Waals surface area contributed by atoms with E-state index >= 15 is 0 Å². The second kappa shape index (κ2) is 13.9. The van der Waals surface area contributed by atoms with Gasteiger partial charge in [0.25, 0.3) is 0 Å². The highest BCUT2D eigenvalue weighted by Crippen LogP contribution is 2.30. The predicted molar refractivity (Wildman–Crippen MR) is 157 cm³/mol. The van der Waals surface area contributed by atoms with E-state index in [0.29, 0.717) is 68.1 Å². The van der Waals surface area contributed by atoms with E-state index in [1.54, 1.807) is 31.2 Å². The number of piperazine rings is 1. The van der Waals surface area contributed by atoms with Crippen molar-refractivity contribution in [1.82, 2.24) is 29.9 Å². The lowest BCUT2D eigenvalue weighted by molar-refractivity contribution is -0.136. The standard InChI is InChI=1S/C28H35N9O5/c1-39-24-8-7-22(17-25(24)40-2)37-27-23(33-34-37)18-30-28(32-27)31-20-3-5-21(6-4-20)35-10-12-36(13-11-35)26(38)19-42-16-15-41-14-9-29/h3-8,17-18H,9-16,19,29H2,1-2H3,(H,30,31,32). The van der Waals surface area contributed by atoms with E-state index in [4.69, 9.17) is 24.7 Å². The zero-order chi connectivity index (χ0) is 29.3. The molecule has 0 atom stereocenters. The Hall–Kier alpha value is -4.53. The van der Waals surface area contributed by atoms with Gasteiger partial charge in [0.15, 0.2) is 22.7 Å². The number of benzene rings is 2. The van der Waals surface area contributed by atoms with Gasteiger partial charge >= 0.3 is 0 Å². The molecular weight excluding hydrogens is 542 g/mol. The van der Waals surface area contributed by atoms with Crippen LogP contribution in [0.2, 0.25) is 0 Å². The molecule has 2 aromatic carbocycles. The number of methoxy groups -OCH3 is 2. The number of rotatable bonds is 13. The first-order valence-corrected chi connectivity index (χ1v) is 13.7. The summed E-state index contributed by atoms with van der Waals surface area (Å²) in [6.45, 7) is 4.60. The minimum atomic E-state index is -0.00679. The highest BCUT2D eigenvalue weighted by atomic mass is 16.5. The van der Waals surface area contributed by atoms with Gasteiger partial charge in [0.2, 0.25) is 11.9 Å². The molecular formula is C28H35N9O5. The number of nitrogens with zero attached hydrogens (tertiary/aromatic N) is 7. The largest absolute Gasteiger partial charge is 0.493 e. The maximum atomic E-state index is 12.5. The van der Waals surface area contributed by atoms with E-state index < -0.39 is 0 Å². The number of nitrogens with two attached hydrogens (primary N) is 1. The van der Waals surface area contributed by atoms with Gasteiger partial charge in [-0.15, -0.1) is 5.10 Å². The first-order valence-electron chi connectivity index (χ1n) is 13.7. The van der Waals surface area contributed by atoms with Gasteiger partial charge in [-0.3, -0.25) is 4.79 Å². The molecule has 0 saturated carbocycles. The van der Waals surface area contributed by atoms with Gasteiger partial charge in [-0.1, -0.05) is 5.21 Å². The van der Waals surface area contributed by atoms with Crippen LogP contribution in [0.3, 0.4) is 0 Å². The van der Waals surface area contributed by atoms with Gasteiger partial charge < -0.3 is 39.8 Å². The number of nitrogens with one attached hydrogen (secondary N) is 1. The molecule has 2 aromatic heterocycles. The first-order chi connectivity index (χ1) is 20.6. The number of anilines is 3. The summed E-state index contributed by atoms with van der Waals surface area (Å²) in [5.74, 6) is 1.60. The number of hydrogen-bond donors (Lipinski definition) is 2. The number of fused-ring (bicyclic) bond motifs is 1. The number of ether oxygens (including phenoxy) is 4. The summed E-state index contributed by atoms with van der Waals surface area (Å²) >= 11 is 0. The Morgan fingerprint density at radius 3 is 2.40 bits per heavy atom. The van der Waals surface area contributed by atoms with Gasteiger partial charge in [-0.05, 0) is 36.4 Å². The molecule has 14 heteroatoms. The van der Waals surface area contributed by atoms with Gasteiger partial charge in [0, 0.05) is 50.2 Å². The van der Waals surface area contributed by atoms with Crippen LogP contribution < -0.4 is 25.4 Å². The Morgan fingerprint density at radius 1 is 0.929 bits per heavy atom. The van der Waals surface area contributed by atoms with Crippen LogP contribution in [0.4, 0.5) is 17.3 Å². The molecule has 1 aliphatic rings. The van der Waals surface area contributed by atoms with Crippen molar-refractivity contribution in [2.75, 3.05) is 83.6 Å². The minimum Gasteiger partial charge on any atom is -0.493 e. The summed E-state index contributed by atoms with van der Waals surface area (Å²) in [5.41, 5.74) is 9.13. The summed E-state index contributed by atoms with van der Waals surface area (Å²) in [7, 11) is 3.17. The zero-order valence-corrected chi connectivity index (χ0v) is 23.7. The Morgan fingerprint density at radius 2 is 1.67 bits per heavy atom. The fourth-order valence-corrected chi connectivity index (χ4v) is 4.57. The summed E-state index contributed by atoms with van der Waals surface area (Å²) < 4.78 is 23.1. The van der Waals surface area contributed by atoms with Crippen LogP contribution in [0.25, 0.3) is 16.9 Å². The van der Waals surface area contributed by atoms with Crippen molar-refractivity contribution >= 4 is 34.4 Å². The van der Waals surface area contributed by atoms with E-state index in [2.05, 4.69) is 30.5 Å². The summed E-state index contributed by atoms with van der Waals surface area (Å²) in [6.07, 6.45) is 1.63. The van der Waals surface area contributed by atoms with Gasteiger partial charge in [-0.25, -0.2) is 4.98 Å². The quantitative estimate of drug-likeness (QED) is 0.222. The molecule has 0 unspecified atom stereocenters. The Kier molecular flexibility index (Phi) is 9.59. The molecule has 1 fully saturated rings.